The molecule has 0 radical (unpaired) electrons. The minimum absolute atomic E-state index is 0.0173. The molecule has 3 aromatic rings. The number of carboxylic acids is 1. The Labute approximate surface area is 291 Å². The van der Waals surface area contributed by atoms with Gasteiger partial charge in [-0.3, -0.25) is 10.8 Å². The number of anilines is 1. The Bertz CT molecular complexity index is 1730. The van der Waals surface area contributed by atoms with E-state index in [4.69, 9.17) is 36.6 Å². The van der Waals surface area contributed by atoms with E-state index < -0.39 is 17.6 Å². The number of fused-ring (bicyclic) bond motifs is 2. The molecule has 3 heterocycles. The summed E-state index contributed by atoms with van der Waals surface area (Å²) < 4.78 is 32.7. The number of piperidine rings is 1. The van der Waals surface area contributed by atoms with Crippen molar-refractivity contribution in [1.29, 1.82) is 10.8 Å². The number of nitrogens with zero attached hydrogens (tertiary/aromatic N) is 3. The highest BCUT2D eigenvalue weighted by Gasteiger charge is 2.44. The molecule has 3 aliphatic rings. The Kier molecular flexibility index (Phi) is 10.1. The number of amidine groups is 1. The number of hydrogen-bond donors (Lipinski definition) is 3. The second-order valence-electron chi connectivity index (χ2n) is 13.1. The van der Waals surface area contributed by atoms with Gasteiger partial charge in [0.1, 0.15) is 11.7 Å². The monoisotopic (exact) mass is 691 g/mol. The standard InChI is InChI=1S/C37H43ClFN5O5/c1-4-26-28-10-8-24(36(45)46)18-31(28)44(21-34(41)43(22-40)16-17-47-3)32(26)20-42-14-12-23(13-15-42)27-6-5-7-33-35(27)49-37(2,48-33)29-11-9-25(38)19-30(29)39/h5-11,18-19,22-23,26,32,40-41H,4,12-17,20-21H2,1-3H3,(H,45,46). The Morgan fingerprint density at radius 1 is 1.16 bits per heavy atom. The van der Waals surface area contributed by atoms with Gasteiger partial charge in [-0.25, -0.2) is 9.18 Å². The Balaban J connectivity index is 1.19. The van der Waals surface area contributed by atoms with Gasteiger partial charge in [0.2, 0.25) is 0 Å². The van der Waals surface area contributed by atoms with E-state index in [2.05, 4.69) is 22.8 Å². The normalized spacial score (nSPS) is 21.9. The van der Waals surface area contributed by atoms with Gasteiger partial charge in [0, 0.05) is 55.4 Å². The molecule has 0 amide bonds. The molecular formula is C37H43ClFN5O5. The maximum Gasteiger partial charge on any atom is 0.335 e. The van der Waals surface area contributed by atoms with Crippen molar-refractivity contribution in [3.8, 4) is 11.5 Å². The third kappa shape index (κ3) is 6.84. The summed E-state index contributed by atoms with van der Waals surface area (Å²) in [7, 11) is 1.59. The van der Waals surface area contributed by atoms with Gasteiger partial charge in [-0.2, -0.15) is 0 Å². The largest absolute Gasteiger partial charge is 0.478 e. The van der Waals surface area contributed by atoms with E-state index in [9.17, 15) is 14.3 Å². The summed E-state index contributed by atoms with van der Waals surface area (Å²) >= 11 is 6.00. The quantitative estimate of drug-likeness (QED) is 0.138. The summed E-state index contributed by atoms with van der Waals surface area (Å²) in [4.78, 5) is 18.1. The molecular weight excluding hydrogens is 649 g/mol. The zero-order valence-electron chi connectivity index (χ0n) is 28.0. The molecule has 3 atom stereocenters. The minimum atomic E-state index is -1.31. The van der Waals surface area contributed by atoms with Gasteiger partial charge in [-0.1, -0.05) is 36.7 Å². The molecule has 3 N–H and O–H groups in total. The average molecular weight is 692 g/mol. The Hall–Kier alpha value is -4.19. The van der Waals surface area contributed by atoms with Crippen LogP contribution in [0.4, 0.5) is 10.1 Å². The van der Waals surface area contributed by atoms with Crippen LogP contribution < -0.4 is 14.4 Å². The number of halogens is 2. The van der Waals surface area contributed by atoms with Gasteiger partial charge in [0.25, 0.3) is 5.79 Å². The van der Waals surface area contributed by atoms with Crippen molar-refractivity contribution < 1.29 is 28.5 Å². The maximum atomic E-state index is 14.9. The van der Waals surface area contributed by atoms with Crippen molar-refractivity contribution >= 4 is 35.4 Å². The van der Waals surface area contributed by atoms with Crippen LogP contribution in [0.3, 0.4) is 0 Å². The summed E-state index contributed by atoms with van der Waals surface area (Å²) in [6, 6.07) is 15.7. The predicted octanol–water partition coefficient (Wildman–Crippen LogP) is 6.92. The fourth-order valence-electron chi connectivity index (χ4n) is 7.61. The molecule has 1 saturated heterocycles. The van der Waals surface area contributed by atoms with E-state index >= 15 is 0 Å². The molecule has 0 spiro atoms. The van der Waals surface area contributed by atoms with Crippen LogP contribution >= 0.6 is 11.6 Å². The lowest BCUT2D eigenvalue weighted by atomic mass is 9.87. The summed E-state index contributed by atoms with van der Waals surface area (Å²) in [5, 5.41) is 26.9. The van der Waals surface area contributed by atoms with Gasteiger partial charge in [0.05, 0.1) is 30.6 Å². The molecule has 0 saturated carbocycles. The third-order valence-corrected chi connectivity index (χ3v) is 10.4. The van der Waals surface area contributed by atoms with Crippen molar-refractivity contribution in [1.82, 2.24) is 9.80 Å². The fourth-order valence-corrected chi connectivity index (χ4v) is 7.77. The zero-order valence-corrected chi connectivity index (χ0v) is 28.8. The second kappa shape index (κ2) is 14.3. The molecule has 0 aliphatic carbocycles. The number of para-hydroxylation sites is 1. The number of ether oxygens (including phenoxy) is 3. The van der Waals surface area contributed by atoms with E-state index in [-0.39, 0.29) is 41.4 Å². The van der Waals surface area contributed by atoms with E-state index in [1.54, 1.807) is 43.2 Å². The number of hydrogen-bond acceptors (Lipinski definition) is 8. The molecule has 6 rings (SSSR count). The topological polar surface area (TPSA) is 122 Å². The average Bonchev–Trinajstić information content (AvgIpc) is 3.58. The van der Waals surface area contributed by atoms with Crippen molar-refractivity contribution in [2.45, 2.75) is 56.8 Å². The van der Waals surface area contributed by atoms with Crippen LogP contribution in [0.15, 0.2) is 54.6 Å². The number of rotatable bonds is 12. The van der Waals surface area contributed by atoms with Crippen LogP contribution in [-0.4, -0.2) is 85.5 Å². The van der Waals surface area contributed by atoms with Gasteiger partial charge in [0.15, 0.2) is 11.5 Å². The number of aromatic carboxylic acids is 1. The van der Waals surface area contributed by atoms with Crippen molar-refractivity contribution in [2.75, 3.05) is 51.3 Å². The van der Waals surface area contributed by atoms with Crippen LogP contribution in [0, 0.1) is 16.6 Å². The summed E-state index contributed by atoms with van der Waals surface area (Å²) in [6.45, 7) is 7.31. The van der Waals surface area contributed by atoms with Gasteiger partial charge in [-0.15, -0.1) is 0 Å². The number of nitrogens with one attached hydrogen (secondary N) is 2. The highest BCUT2D eigenvalue weighted by Crippen LogP contribution is 2.50. The Morgan fingerprint density at radius 2 is 1.94 bits per heavy atom. The number of likely N-dealkylation sites (tertiary alicyclic amines) is 1. The van der Waals surface area contributed by atoms with Crippen molar-refractivity contribution in [3.05, 3.63) is 87.7 Å². The van der Waals surface area contributed by atoms with E-state index in [1.807, 2.05) is 18.2 Å². The van der Waals surface area contributed by atoms with Crippen LogP contribution in [0.2, 0.25) is 5.02 Å². The lowest BCUT2D eigenvalue weighted by Crippen LogP contribution is -2.49. The molecule has 3 aliphatic heterocycles. The first kappa shape index (κ1) is 34.7. The number of methoxy groups -OCH3 is 1. The molecule has 10 nitrogen and oxygen atoms in total. The lowest BCUT2D eigenvalue weighted by Gasteiger charge is -2.39. The van der Waals surface area contributed by atoms with E-state index in [0.29, 0.717) is 29.7 Å². The summed E-state index contributed by atoms with van der Waals surface area (Å²) in [5.41, 5.74) is 3.48. The third-order valence-electron chi connectivity index (χ3n) is 10.2. The molecule has 12 heteroatoms. The molecule has 49 heavy (non-hydrogen) atoms. The minimum Gasteiger partial charge on any atom is -0.478 e. The van der Waals surface area contributed by atoms with Gasteiger partial charge < -0.3 is 34.0 Å². The first-order chi connectivity index (χ1) is 23.6. The molecule has 1 fully saturated rings. The predicted molar refractivity (Wildman–Crippen MR) is 188 cm³/mol. The number of carboxylic acid groups (broad SMARTS) is 1. The molecule has 0 aromatic heterocycles. The lowest BCUT2D eigenvalue weighted by molar-refractivity contribution is -0.0712. The van der Waals surface area contributed by atoms with E-state index in [1.165, 1.54) is 6.07 Å². The molecule has 3 aromatic carbocycles. The SMILES string of the molecule is CCC1c2ccc(C(=O)O)cc2N(CC(=N)N(C=N)CCOC)C1CN1CCC(c2cccc3c2OC(C)(c2ccc(Cl)cc2F)O3)CC1. The maximum absolute atomic E-state index is 14.9. The highest BCUT2D eigenvalue weighted by atomic mass is 35.5. The first-order valence-electron chi connectivity index (χ1n) is 16.7. The van der Waals surface area contributed by atoms with Crippen LogP contribution in [-0.2, 0) is 10.5 Å². The fraction of sp³-hybridized carbons (Fsp3) is 0.432. The highest BCUT2D eigenvalue weighted by molar-refractivity contribution is 6.30. The van der Waals surface area contributed by atoms with Gasteiger partial charge in [-0.05, 0) is 80.2 Å². The van der Waals surface area contributed by atoms with Crippen LogP contribution in [0.5, 0.6) is 11.5 Å². The first-order valence-corrected chi connectivity index (χ1v) is 17.1. The van der Waals surface area contributed by atoms with Gasteiger partial charge >= 0.3 is 5.97 Å². The number of carbonyl (C=O) groups is 1. The van der Waals surface area contributed by atoms with E-state index in [0.717, 1.165) is 62.0 Å². The van der Waals surface area contributed by atoms with Crippen molar-refractivity contribution in [3.63, 3.8) is 0 Å². The smallest absolute Gasteiger partial charge is 0.335 e. The van der Waals surface area contributed by atoms with Crippen LogP contribution in [0.25, 0.3) is 0 Å². The molecule has 260 valence electrons. The number of benzene rings is 3. The Morgan fingerprint density at radius 3 is 2.61 bits per heavy atom. The zero-order chi connectivity index (χ0) is 34.9. The summed E-state index contributed by atoms with van der Waals surface area (Å²) in [6.07, 6.45) is 3.79. The molecule has 3 unspecified atom stereocenters. The van der Waals surface area contributed by atoms with Crippen LogP contribution in [0.1, 0.15) is 72.0 Å². The second-order valence-corrected chi connectivity index (χ2v) is 13.5. The molecule has 0 bridgehead atoms. The summed E-state index contributed by atoms with van der Waals surface area (Å²) in [5.74, 6) is -0.907. The van der Waals surface area contributed by atoms with Crippen molar-refractivity contribution in [2.24, 2.45) is 0 Å².